The molecule has 37 heavy (non-hydrogen) atoms. The lowest BCUT2D eigenvalue weighted by Gasteiger charge is -2.09. The fraction of sp³-hybridized carbons (Fsp3) is 0.200. The van der Waals surface area contributed by atoms with Gasteiger partial charge < -0.3 is 20.1 Å². The third-order valence-electron chi connectivity index (χ3n) is 4.97. The lowest BCUT2D eigenvalue weighted by Crippen LogP contribution is -2.31. The minimum Gasteiger partial charge on any atom is -0.391 e. The molecule has 12 heteroatoms. The lowest BCUT2D eigenvalue weighted by atomic mass is 10.1. The van der Waals surface area contributed by atoms with Gasteiger partial charge in [-0.05, 0) is 42.3 Å². The van der Waals surface area contributed by atoms with Crippen molar-refractivity contribution < 1.29 is 32.3 Å². The Kier molecular flexibility index (Phi) is 9.69. The number of carbonyl (C=O) groups is 3. The molecule has 194 valence electrons. The van der Waals surface area contributed by atoms with E-state index in [2.05, 4.69) is 15.6 Å². The Balaban J connectivity index is 1.51. The van der Waals surface area contributed by atoms with Crippen molar-refractivity contribution in [3.05, 3.63) is 89.6 Å². The Hall–Kier alpha value is -4.29. The molecule has 0 saturated heterocycles. The van der Waals surface area contributed by atoms with Gasteiger partial charge in [0, 0.05) is 38.0 Å². The number of sulfonamides is 1. The van der Waals surface area contributed by atoms with Gasteiger partial charge in [0.2, 0.25) is 5.88 Å². The van der Waals surface area contributed by atoms with Crippen LogP contribution in [0.1, 0.15) is 26.3 Å². The van der Waals surface area contributed by atoms with Crippen molar-refractivity contribution in [3.63, 3.8) is 0 Å². The molecule has 11 nitrogen and oxygen atoms in total. The molecule has 0 aliphatic rings. The molecule has 0 spiro atoms. The monoisotopic (exact) mass is 526 g/mol. The van der Waals surface area contributed by atoms with Crippen LogP contribution in [-0.2, 0) is 21.2 Å². The number of carbonyl (C=O) groups excluding carboxylic acids is 3. The van der Waals surface area contributed by atoms with Gasteiger partial charge in [-0.2, -0.15) is 0 Å². The predicted molar refractivity (Wildman–Crippen MR) is 134 cm³/mol. The molecule has 0 aliphatic heterocycles. The second kappa shape index (κ2) is 13.1. The molecular weight excluding hydrogens is 500 g/mol. The molecule has 3 N–H and O–H groups in total. The summed E-state index contributed by atoms with van der Waals surface area (Å²) in [5, 5.41) is 5.25. The smallest absolute Gasteiger partial charge is 0.391 e. The van der Waals surface area contributed by atoms with E-state index in [-0.39, 0.29) is 28.8 Å². The molecule has 3 rings (SSSR count). The zero-order valence-corrected chi connectivity index (χ0v) is 20.8. The number of hydrogen-bond acceptors (Lipinski definition) is 8. The van der Waals surface area contributed by atoms with Crippen LogP contribution in [0.2, 0.25) is 0 Å². The van der Waals surface area contributed by atoms with Crippen LogP contribution >= 0.6 is 0 Å². The quantitative estimate of drug-likeness (QED) is 0.320. The fourth-order valence-corrected chi connectivity index (χ4v) is 4.02. The molecular formula is C25H26N4O7S. The van der Waals surface area contributed by atoms with Crippen LogP contribution < -0.4 is 20.1 Å². The summed E-state index contributed by atoms with van der Waals surface area (Å²) in [4.78, 5) is 39.9. The van der Waals surface area contributed by atoms with Crippen LogP contribution in [0.3, 0.4) is 0 Å². The van der Waals surface area contributed by atoms with Crippen molar-refractivity contribution in [1.29, 1.82) is 0 Å². The van der Waals surface area contributed by atoms with E-state index in [1.807, 2.05) is 10.8 Å². The van der Waals surface area contributed by atoms with E-state index < -0.39 is 22.0 Å². The molecule has 0 fully saturated rings. The molecule has 2 aromatic carbocycles. The predicted octanol–water partition coefficient (Wildman–Crippen LogP) is 1.91. The van der Waals surface area contributed by atoms with E-state index in [1.165, 1.54) is 31.4 Å². The molecule has 0 unspecified atom stereocenters. The van der Waals surface area contributed by atoms with E-state index in [0.717, 1.165) is 11.8 Å². The van der Waals surface area contributed by atoms with Crippen molar-refractivity contribution in [1.82, 2.24) is 20.3 Å². The summed E-state index contributed by atoms with van der Waals surface area (Å²) in [7, 11) is -2.65. The number of ether oxygens (including phenoxy) is 2. The number of methoxy groups -OCH3 is 1. The maximum Gasteiger partial charge on any atom is 0.414 e. The van der Waals surface area contributed by atoms with Crippen molar-refractivity contribution in [2.24, 2.45) is 0 Å². The average molecular weight is 527 g/mol. The van der Waals surface area contributed by atoms with Gasteiger partial charge in [0.15, 0.2) is 0 Å². The first-order valence-electron chi connectivity index (χ1n) is 11.2. The average Bonchev–Trinajstić information content (AvgIpc) is 2.90. The van der Waals surface area contributed by atoms with Gasteiger partial charge in [-0.1, -0.05) is 30.3 Å². The molecule has 3 amide bonds. The van der Waals surface area contributed by atoms with Gasteiger partial charge in [-0.15, -0.1) is 0 Å². The topological polar surface area (TPSA) is 153 Å². The summed E-state index contributed by atoms with van der Waals surface area (Å²) in [5.41, 5.74) is 1.33. The second-order valence-corrected chi connectivity index (χ2v) is 9.33. The van der Waals surface area contributed by atoms with E-state index in [1.54, 1.807) is 36.4 Å². The van der Waals surface area contributed by atoms with Gasteiger partial charge in [0.25, 0.3) is 21.8 Å². The Bertz CT molecular complexity index is 1310. The zero-order valence-electron chi connectivity index (χ0n) is 20.0. The van der Waals surface area contributed by atoms with E-state index in [0.29, 0.717) is 25.1 Å². The fourth-order valence-electron chi connectivity index (χ4n) is 3.05. The van der Waals surface area contributed by atoms with Gasteiger partial charge in [0.1, 0.15) is 0 Å². The van der Waals surface area contributed by atoms with E-state index in [9.17, 15) is 22.8 Å². The first-order valence-corrected chi connectivity index (χ1v) is 12.7. The van der Waals surface area contributed by atoms with Crippen molar-refractivity contribution in [2.75, 3.05) is 26.8 Å². The number of nitrogens with one attached hydrogen (secondary N) is 3. The van der Waals surface area contributed by atoms with Crippen molar-refractivity contribution in [2.45, 2.75) is 11.3 Å². The third kappa shape index (κ3) is 8.40. The Morgan fingerprint density at radius 3 is 2.22 bits per heavy atom. The number of rotatable bonds is 11. The number of hydrogen-bond donors (Lipinski definition) is 3. The van der Waals surface area contributed by atoms with Gasteiger partial charge in [-0.25, -0.2) is 22.9 Å². The summed E-state index contributed by atoms with van der Waals surface area (Å²) in [5.74, 6) is -1.15. The minimum atomic E-state index is -4.14. The minimum absolute atomic E-state index is 0.0403. The SMILES string of the molecule is COCCNC(=O)Oc1ccc(C(=O)NS(=O)(=O)c2ccc(CCNC(=O)c3ccccc3)cc2)cn1. The highest BCUT2D eigenvalue weighted by Crippen LogP contribution is 2.13. The largest absolute Gasteiger partial charge is 0.414 e. The summed E-state index contributed by atoms with van der Waals surface area (Å²) < 4.78 is 37.0. The Morgan fingerprint density at radius 2 is 1.57 bits per heavy atom. The van der Waals surface area contributed by atoms with Gasteiger partial charge >= 0.3 is 6.09 Å². The van der Waals surface area contributed by atoms with Crippen LogP contribution in [0.25, 0.3) is 0 Å². The summed E-state index contributed by atoms with van der Waals surface area (Å²) in [6.07, 6.45) is 0.844. The molecule has 0 saturated carbocycles. The van der Waals surface area contributed by atoms with Crippen LogP contribution in [0.15, 0.2) is 77.8 Å². The number of nitrogens with zero attached hydrogens (tertiary/aromatic N) is 1. The molecule has 3 aromatic rings. The summed E-state index contributed by atoms with van der Waals surface area (Å²) >= 11 is 0. The molecule has 0 aliphatic carbocycles. The zero-order chi connectivity index (χ0) is 26.7. The first kappa shape index (κ1) is 27.3. The van der Waals surface area contributed by atoms with E-state index in [4.69, 9.17) is 9.47 Å². The first-order chi connectivity index (χ1) is 17.8. The Morgan fingerprint density at radius 1 is 0.838 bits per heavy atom. The number of aromatic nitrogens is 1. The van der Waals surface area contributed by atoms with Crippen molar-refractivity contribution in [3.8, 4) is 5.88 Å². The molecule has 1 aromatic heterocycles. The number of benzene rings is 2. The number of pyridine rings is 1. The third-order valence-corrected chi connectivity index (χ3v) is 6.31. The second-order valence-electron chi connectivity index (χ2n) is 7.64. The summed E-state index contributed by atoms with van der Waals surface area (Å²) in [6.45, 7) is 0.934. The van der Waals surface area contributed by atoms with Gasteiger partial charge in [-0.3, -0.25) is 9.59 Å². The van der Waals surface area contributed by atoms with Crippen LogP contribution in [0, 0.1) is 0 Å². The highest BCUT2D eigenvalue weighted by atomic mass is 32.2. The summed E-state index contributed by atoms with van der Waals surface area (Å²) in [6, 6.07) is 17.3. The maximum atomic E-state index is 12.6. The highest BCUT2D eigenvalue weighted by Gasteiger charge is 2.19. The molecule has 0 bridgehead atoms. The Labute approximate surface area is 214 Å². The van der Waals surface area contributed by atoms with E-state index >= 15 is 0 Å². The molecule has 0 atom stereocenters. The molecule has 1 heterocycles. The highest BCUT2D eigenvalue weighted by molar-refractivity contribution is 7.90. The van der Waals surface area contributed by atoms with Crippen molar-refractivity contribution >= 4 is 27.9 Å². The van der Waals surface area contributed by atoms with Gasteiger partial charge in [0.05, 0.1) is 17.1 Å². The van der Waals surface area contributed by atoms with Crippen LogP contribution in [0.4, 0.5) is 4.79 Å². The van der Waals surface area contributed by atoms with Crippen LogP contribution in [0.5, 0.6) is 5.88 Å². The standard InChI is InChI=1S/C25H26N4O7S/c1-35-16-15-27-25(32)36-22-12-9-20(17-28-22)24(31)29-37(33,34)21-10-7-18(8-11-21)13-14-26-23(30)19-5-3-2-4-6-19/h2-12,17H,13-16H2,1H3,(H,26,30)(H,27,32)(H,29,31). The number of amides is 3. The normalized spacial score (nSPS) is 10.8. The van der Waals surface area contributed by atoms with Crippen LogP contribution in [-0.4, -0.2) is 58.1 Å². The maximum absolute atomic E-state index is 12.6. The molecule has 0 radical (unpaired) electrons. The lowest BCUT2D eigenvalue weighted by molar-refractivity contribution is 0.0951.